The van der Waals surface area contributed by atoms with Gasteiger partial charge in [-0.2, -0.15) is 0 Å². The highest BCUT2D eigenvalue weighted by Gasteiger charge is 2.20. The highest BCUT2D eigenvalue weighted by atomic mass is 35.5. The molecule has 31 heavy (non-hydrogen) atoms. The Kier molecular flexibility index (Phi) is 6.45. The van der Waals surface area contributed by atoms with Gasteiger partial charge in [0, 0.05) is 22.8 Å². The van der Waals surface area contributed by atoms with E-state index < -0.39 is 0 Å². The Bertz CT molecular complexity index is 1090. The van der Waals surface area contributed by atoms with E-state index >= 15 is 0 Å². The van der Waals surface area contributed by atoms with Crippen LogP contribution in [0.5, 0.6) is 0 Å². The molecule has 1 N–H and O–H groups in total. The number of amides is 1. The molecular formula is C27H29ClN2O. The zero-order valence-corrected chi connectivity index (χ0v) is 19.2. The molecule has 0 radical (unpaired) electrons. The second-order valence-electron chi connectivity index (χ2n) is 8.85. The molecule has 0 aromatic heterocycles. The fourth-order valence-electron chi connectivity index (χ4n) is 4.54. The normalized spacial score (nSPS) is 15.6. The third-order valence-corrected chi connectivity index (χ3v) is 6.31. The van der Waals surface area contributed by atoms with Gasteiger partial charge in [-0.05, 0) is 110 Å². The van der Waals surface area contributed by atoms with Crippen molar-refractivity contribution in [3.8, 4) is 11.1 Å². The summed E-state index contributed by atoms with van der Waals surface area (Å²) in [6.07, 6.45) is 3.40. The van der Waals surface area contributed by atoms with Crippen molar-refractivity contribution in [2.24, 2.45) is 5.92 Å². The second-order valence-corrected chi connectivity index (χ2v) is 9.28. The summed E-state index contributed by atoms with van der Waals surface area (Å²) >= 11 is 6.00. The first kappa shape index (κ1) is 21.6. The molecule has 160 valence electrons. The van der Waals surface area contributed by atoms with E-state index in [4.69, 9.17) is 11.6 Å². The molecule has 1 amide bonds. The van der Waals surface area contributed by atoms with Crippen LogP contribution in [-0.2, 0) is 12.8 Å². The number of nitrogens with zero attached hydrogens (tertiary/aromatic N) is 1. The lowest BCUT2D eigenvalue weighted by Gasteiger charge is -2.27. The van der Waals surface area contributed by atoms with Gasteiger partial charge >= 0.3 is 0 Å². The molecule has 0 saturated heterocycles. The van der Waals surface area contributed by atoms with E-state index in [1.807, 2.05) is 55.5 Å². The van der Waals surface area contributed by atoms with E-state index in [0.717, 1.165) is 46.8 Å². The average Bonchev–Trinajstić information content (AvgIpc) is 2.74. The number of halogens is 1. The highest BCUT2D eigenvalue weighted by Crippen LogP contribution is 2.29. The minimum atomic E-state index is -0.0769. The SMILES string of the molecule is Cc1cc(C(=O)Nc2ccc3c(c2)CCC(CN(C)C)C3)ccc1-c1ccc(Cl)cc1. The van der Waals surface area contributed by atoms with Crippen molar-refractivity contribution < 1.29 is 4.79 Å². The van der Waals surface area contributed by atoms with Crippen LogP contribution in [0.2, 0.25) is 5.02 Å². The number of aryl methyl sites for hydroxylation is 2. The summed E-state index contributed by atoms with van der Waals surface area (Å²) in [5.41, 5.74) is 7.58. The van der Waals surface area contributed by atoms with Gasteiger partial charge < -0.3 is 10.2 Å². The number of carbonyl (C=O) groups is 1. The van der Waals surface area contributed by atoms with E-state index in [1.165, 1.54) is 17.5 Å². The molecule has 3 aromatic rings. The van der Waals surface area contributed by atoms with Crippen LogP contribution in [0, 0.1) is 12.8 Å². The number of nitrogens with one attached hydrogen (secondary N) is 1. The van der Waals surface area contributed by atoms with Crippen LogP contribution in [-0.4, -0.2) is 31.4 Å². The Balaban J connectivity index is 1.46. The van der Waals surface area contributed by atoms with E-state index in [-0.39, 0.29) is 5.91 Å². The van der Waals surface area contributed by atoms with Crippen molar-refractivity contribution in [1.29, 1.82) is 0 Å². The fraction of sp³-hybridized carbons (Fsp3) is 0.296. The molecule has 0 saturated carbocycles. The lowest BCUT2D eigenvalue weighted by Crippen LogP contribution is -2.26. The van der Waals surface area contributed by atoms with Crippen LogP contribution < -0.4 is 5.32 Å². The van der Waals surface area contributed by atoms with E-state index in [0.29, 0.717) is 11.5 Å². The maximum Gasteiger partial charge on any atom is 0.255 e. The van der Waals surface area contributed by atoms with Crippen LogP contribution in [0.25, 0.3) is 11.1 Å². The first-order valence-corrected chi connectivity index (χ1v) is 11.2. The number of rotatable bonds is 5. The van der Waals surface area contributed by atoms with Gasteiger partial charge in [0.1, 0.15) is 0 Å². The molecule has 3 nitrogen and oxygen atoms in total. The molecule has 0 fully saturated rings. The first-order valence-electron chi connectivity index (χ1n) is 10.8. The molecular weight excluding hydrogens is 404 g/mol. The summed E-state index contributed by atoms with van der Waals surface area (Å²) in [5.74, 6) is 0.636. The van der Waals surface area contributed by atoms with Crippen LogP contribution in [0.3, 0.4) is 0 Å². The first-order chi connectivity index (χ1) is 14.9. The molecule has 1 aliphatic rings. The minimum absolute atomic E-state index is 0.0769. The van der Waals surface area contributed by atoms with Gasteiger partial charge in [-0.25, -0.2) is 0 Å². The molecule has 4 rings (SSSR count). The summed E-state index contributed by atoms with van der Waals surface area (Å²) in [6.45, 7) is 3.16. The van der Waals surface area contributed by atoms with Crippen molar-refractivity contribution in [3.63, 3.8) is 0 Å². The lowest BCUT2D eigenvalue weighted by atomic mass is 9.83. The largest absolute Gasteiger partial charge is 0.322 e. The number of benzene rings is 3. The van der Waals surface area contributed by atoms with Crippen LogP contribution in [0.4, 0.5) is 5.69 Å². The Hall–Kier alpha value is -2.62. The standard InChI is InChI=1S/C27H29ClN2O/c1-18-14-23(9-13-26(18)20-6-10-24(28)11-7-20)27(31)29-25-12-8-21-15-19(17-30(2)3)4-5-22(21)16-25/h6-14,16,19H,4-5,15,17H2,1-3H3,(H,29,31). The quantitative estimate of drug-likeness (QED) is 0.518. The van der Waals surface area contributed by atoms with Crippen molar-refractivity contribution in [2.45, 2.75) is 26.2 Å². The van der Waals surface area contributed by atoms with E-state index in [1.54, 1.807) is 0 Å². The summed E-state index contributed by atoms with van der Waals surface area (Å²) in [7, 11) is 4.27. The number of fused-ring (bicyclic) bond motifs is 1. The second kappa shape index (κ2) is 9.25. The maximum absolute atomic E-state index is 12.9. The molecule has 1 aliphatic carbocycles. The van der Waals surface area contributed by atoms with Gasteiger partial charge in [0.15, 0.2) is 0 Å². The van der Waals surface area contributed by atoms with Gasteiger partial charge in [0.2, 0.25) is 0 Å². The summed E-state index contributed by atoms with van der Waals surface area (Å²) < 4.78 is 0. The lowest BCUT2D eigenvalue weighted by molar-refractivity contribution is 0.102. The smallest absolute Gasteiger partial charge is 0.255 e. The Morgan fingerprint density at radius 3 is 2.52 bits per heavy atom. The molecule has 0 aliphatic heterocycles. The third-order valence-electron chi connectivity index (χ3n) is 6.06. The Morgan fingerprint density at radius 1 is 1.03 bits per heavy atom. The molecule has 1 unspecified atom stereocenters. The van der Waals surface area contributed by atoms with Gasteiger partial charge in [0.25, 0.3) is 5.91 Å². The minimum Gasteiger partial charge on any atom is -0.322 e. The van der Waals surface area contributed by atoms with Gasteiger partial charge in [-0.3, -0.25) is 4.79 Å². The number of carbonyl (C=O) groups excluding carboxylic acids is 1. The number of anilines is 1. The molecule has 0 spiro atoms. The van der Waals surface area contributed by atoms with Crippen LogP contribution >= 0.6 is 11.6 Å². The molecule has 0 bridgehead atoms. The van der Waals surface area contributed by atoms with Crippen molar-refractivity contribution >= 4 is 23.2 Å². The highest BCUT2D eigenvalue weighted by molar-refractivity contribution is 6.30. The fourth-order valence-corrected chi connectivity index (χ4v) is 4.67. The zero-order valence-electron chi connectivity index (χ0n) is 18.4. The molecule has 1 atom stereocenters. The van der Waals surface area contributed by atoms with E-state index in [2.05, 4.69) is 36.4 Å². The number of hydrogen-bond donors (Lipinski definition) is 1. The summed E-state index contributed by atoms with van der Waals surface area (Å²) in [6, 6.07) is 20.0. The van der Waals surface area contributed by atoms with E-state index in [9.17, 15) is 4.79 Å². The Labute approximate surface area is 190 Å². The predicted molar refractivity (Wildman–Crippen MR) is 130 cm³/mol. The zero-order chi connectivity index (χ0) is 22.0. The summed E-state index contributed by atoms with van der Waals surface area (Å²) in [5, 5.41) is 3.80. The predicted octanol–water partition coefficient (Wildman–Crippen LogP) is 6.23. The van der Waals surface area contributed by atoms with Crippen molar-refractivity contribution in [3.05, 3.63) is 87.9 Å². The van der Waals surface area contributed by atoms with Crippen LogP contribution in [0.1, 0.15) is 33.5 Å². The van der Waals surface area contributed by atoms with Crippen molar-refractivity contribution in [1.82, 2.24) is 4.90 Å². The van der Waals surface area contributed by atoms with Crippen LogP contribution in [0.15, 0.2) is 60.7 Å². The summed E-state index contributed by atoms with van der Waals surface area (Å²) in [4.78, 5) is 15.1. The monoisotopic (exact) mass is 432 g/mol. The van der Waals surface area contributed by atoms with Gasteiger partial charge in [-0.1, -0.05) is 35.9 Å². The van der Waals surface area contributed by atoms with Gasteiger partial charge in [0.05, 0.1) is 0 Å². The molecule has 3 aromatic carbocycles. The average molecular weight is 433 g/mol. The molecule has 0 heterocycles. The number of hydrogen-bond acceptors (Lipinski definition) is 2. The van der Waals surface area contributed by atoms with Crippen molar-refractivity contribution in [2.75, 3.05) is 26.0 Å². The molecule has 4 heteroatoms. The Morgan fingerprint density at radius 2 is 1.81 bits per heavy atom. The maximum atomic E-state index is 12.9. The topological polar surface area (TPSA) is 32.3 Å². The third kappa shape index (κ3) is 5.17. The van der Waals surface area contributed by atoms with Gasteiger partial charge in [-0.15, -0.1) is 0 Å².